The molecule has 0 saturated heterocycles. The minimum atomic E-state index is -1.20. The van der Waals surface area contributed by atoms with Gasteiger partial charge in [0.05, 0.1) is 22.1 Å². The van der Waals surface area contributed by atoms with Crippen molar-refractivity contribution in [2.75, 3.05) is 0 Å². The van der Waals surface area contributed by atoms with Gasteiger partial charge >= 0.3 is 0 Å². The van der Waals surface area contributed by atoms with Gasteiger partial charge in [0.1, 0.15) is 6.17 Å². The molecule has 0 heterocycles. The molecular weight excluding hydrogens is 466 g/mol. The first-order valence-electron chi connectivity index (χ1n) is 9.82. The van der Waals surface area contributed by atoms with Gasteiger partial charge in [-0.1, -0.05) is 35.9 Å². The second kappa shape index (κ2) is 6.37. The highest BCUT2D eigenvalue weighted by Gasteiger charge is 2.73. The summed E-state index contributed by atoms with van der Waals surface area (Å²) in [6, 6.07) is 0. The van der Waals surface area contributed by atoms with Crippen molar-refractivity contribution < 1.29 is 14.6 Å². The second-order valence-corrected chi connectivity index (χ2v) is 11.6. The molecule has 3 unspecified atom stereocenters. The maximum Gasteiger partial charge on any atom is 0.130 e. The zero-order valence-corrected chi connectivity index (χ0v) is 19.3. The van der Waals surface area contributed by atoms with Crippen molar-refractivity contribution in [1.29, 1.82) is 0 Å². The molecular formula is C22H26BrCl2FO2. The molecule has 3 saturated carbocycles. The van der Waals surface area contributed by atoms with Crippen LogP contribution in [0.2, 0.25) is 0 Å². The van der Waals surface area contributed by atoms with Crippen LogP contribution in [-0.4, -0.2) is 32.2 Å². The highest BCUT2D eigenvalue weighted by atomic mass is 79.9. The second-order valence-electron chi connectivity index (χ2n) is 9.49. The van der Waals surface area contributed by atoms with Crippen LogP contribution in [0.5, 0.6) is 0 Å². The Hall–Kier alpha value is -0.250. The van der Waals surface area contributed by atoms with Gasteiger partial charge in [0, 0.05) is 20.9 Å². The predicted molar refractivity (Wildman–Crippen MR) is 115 cm³/mol. The molecule has 4 aliphatic rings. The number of rotatable bonds is 1. The highest BCUT2D eigenvalue weighted by Crippen LogP contribution is 2.72. The summed E-state index contributed by atoms with van der Waals surface area (Å²) in [5, 5.41) is 20.5. The maximum atomic E-state index is 15.4. The predicted octanol–water partition coefficient (Wildman–Crippen LogP) is 6.18. The van der Waals surface area contributed by atoms with E-state index in [1.165, 1.54) is 6.08 Å². The number of alkyl halides is 3. The lowest BCUT2D eigenvalue weighted by Gasteiger charge is -2.64. The first-order valence-corrected chi connectivity index (χ1v) is 11.4. The summed E-state index contributed by atoms with van der Waals surface area (Å²) in [5.74, 6) is -0.310. The lowest BCUT2D eigenvalue weighted by molar-refractivity contribution is -0.102. The minimum Gasteiger partial charge on any atom is -0.516 e. The van der Waals surface area contributed by atoms with Crippen molar-refractivity contribution in [2.45, 2.75) is 62.1 Å². The van der Waals surface area contributed by atoms with E-state index in [1.807, 2.05) is 26.8 Å². The fraction of sp³-hybridized carbons (Fsp3) is 0.682. The van der Waals surface area contributed by atoms with Gasteiger partial charge in [0.2, 0.25) is 0 Å². The Balaban J connectivity index is 1.90. The number of aliphatic hydroxyl groups is 2. The summed E-state index contributed by atoms with van der Waals surface area (Å²) in [6.07, 6.45) is 6.42. The summed E-state index contributed by atoms with van der Waals surface area (Å²) >= 11 is 18.0. The molecule has 0 amide bonds. The third kappa shape index (κ3) is 2.30. The molecule has 3 fully saturated rings. The zero-order valence-electron chi connectivity index (χ0n) is 16.2. The van der Waals surface area contributed by atoms with Crippen LogP contribution in [0.3, 0.4) is 0 Å². The molecule has 4 aliphatic carbocycles. The summed E-state index contributed by atoms with van der Waals surface area (Å²) in [5.41, 5.74) is 1.11. The number of fused-ring (bicyclic) bond motifs is 5. The molecule has 0 aliphatic heterocycles. The van der Waals surface area contributed by atoms with Gasteiger partial charge in [-0.05, 0) is 56.1 Å². The number of allylic oxidation sites excluding steroid dienone is 3. The van der Waals surface area contributed by atoms with Crippen molar-refractivity contribution in [1.82, 2.24) is 0 Å². The molecule has 0 aromatic heterocycles. The SMILES string of the molecule is CC1C[C@H]2[C@@H]3CC(F)C4=C=CC(Br)=C[C@]4(C)[C@@]3(Cl)C(Cl)C[C@]2(C)[C@@]1(O)C=CO. The fourth-order valence-electron chi connectivity index (χ4n) is 6.93. The van der Waals surface area contributed by atoms with E-state index in [0.717, 1.165) is 10.7 Å². The van der Waals surface area contributed by atoms with Crippen LogP contribution in [-0.2, 0) is 0 Å². The van der Waals surface area contributed by atoms with E-state index in [0.29, 0.717) is 18.4 Å². The van der Waals surface area contributed by atoms with Gasteiger partial charge in [-0.3, -0.25) is 0 Å². The number of hydrogen-bond donors (Lipinski definition) is 2. The van der Waals surface area contributed by atoms with Gasteiger partial charge in [-0.25, -0.2) is 4.39 Å². The quantitative estimate of drug-likeness (QED) is 0.261. The number of hydrogen-bond acceptors (Lipinski definition) is 2. The van der Waals surface area contributed by atoms with Crippen LogP contribution in [0.15, 0.2) is 40.3 Å². The third-order valence-electron chi connectivity index (χ3n) is 8.43. The molecule has 0 radical (unpaired) electrons. The largest absolute Gasteiger partial charge is 0.516 e. The first-order chi connectivity index (χ1) is 13.0. The van der Waals surface area contributed by atoms with Gasteiger partial charge in [-0.15, -0.1) is 28.9 Å². The van der Waals surface area contributed by atoms with Gasteiger partial charge < -0.3 is 10.2 Å². The summed E-state index contributed by atoms with van der Waals surface area (Å²) in [4.78, 5) is -0.884. The highest BCUT2D eigenvalue weighted by molar-refractivity contribution is 9.11. The van der Waals surface area contributed by atoms with E-state index in [-0.39, 0.29) is 24.2 Å². The van der Waals surface area contributed by atoms with Crippen molar-refractivity contribution >= 4 is 39.1 Å². The van der Waals surface area contributed by atoms with Crippen LogP contribution >= 0.6 is 39.1 Å². The van der Waals surface area contributed by atoms with E-state index in [2.05, 4.69) is 21.7 Å². The topological polar surface area (TPSA) is 40.5 Å². The Morgan fingerprint density at radius 3 is 2.64 bits per heavy atom. The van der Waals surface area contributed by atoms with Crippen LogP contribution in [0.25, 0.3) is 0 Å². The van der Waals surface area contributed by atoms with Gasteiger partial charge in [-0.2, -0.15) is 0 Å². The molecule has 9 atom stereocenters. The van der Waals surface area contributed by atoms with Gasteiger partial charge in [0.25, 0.3) is 0 Å². The third-order valence-corrected chi connectivity index (χ3v) is 10.4. The van der Waals surface area contributed by atoms with E-state index < -0.39 is 32.9 Å². The zero-order chi connectivity index (χ0) is 20.7. The van der Waals surface area contributed by atoms with E-state index >= 15 is 4.39 Å². The van der Waals surface area contributed by atoms with Crippen LogP contribution in [0, 0.1) is 28.6 Å². The number of aliphatic hydroxyl groups excluding tert-OH is 1. The summed E-state index contributed by atoms with van der Waals surface area (Å²) in [6.45, 7) is 5.96. The molecule has 4 rings (SSSR count). The molecule has 0 aromatic carbocycles. The van der Waals surface area contributed by atoms with Crippen LogP contribution < -0.4 is 0 Å². The smallest absolute Gasteiger partial charge is 0.130 e. The molecule has 0 spiro atoms. The van der Waals surface area contributed by atoms with Crippen molar-refractivity contribution in [3.05, 3.63) is 40.3 Å². The maximum absolute atomic E-state index is 15.4. The lowest BCUT2D eigenvalue weighted by atomic mass is 9.46. The Morgan fingerprint density at radius 2 is 2.00 bits per heavy atom. The Morgan fingerprint density at radius 1 is 1.32 bits per heavy atom. The van der Waals surface area contributed by atoms with E-state index in [4.69, 9.17) is 23.2 Å². The van der Waals surface area contributed by atoms with Crippen LogP contribution in [0.1, 0.15) is 40.0 Å². The van der Waals surface area contributed by atoms with Gasteiger partial charge in [0.15, 0.2) is 0 Å². The molecule has 28 heavy (non-hydrogen) atoms. The molecule has 0 bridgehead atoms. The van der Waals surface area contributed by atoms with Crippen LogP contribution in [0.4, 0.5) is 4.39 Å². The first kappa shape index (κ1) is 21.0. The fourth-order valence-corrected chi connectivity index (χ4v) is 8.69. The number of halogens is 4. The normalized spacial score (nSPS) is 55.4. The minimum absolute atomic E-state index is 0.00842. The molecule has 154 valence electrons. The molecule has 6 heteroatoms. The standard InChI is InChI=1S/C22H26BrCl2FO2/c1-12-8-15-16-9-17(26)14-5-4-13(23)10-20(14,3)22(16,25)18(24)11-19(15,2)21(12,28)6-7-27/h4,6-7,10,12,15-18,27-28H,8-9,11H2,1-3H3/t12?,15-,16-,17?,18?,19-,20-,21+,22-/m0/s1. The molecule has 2 N–H and O–H groups in total. The average molecular weight is 492 g/mol. The Labute approximate surface area is 184 Å². The monoisotopic (exact) mass is 490 g/mol. The van der Waals surface area contributed by atoms with Crippen molar-refractivity contribution in [3.63, 3.8) is 0 Å². The molecule has 2 nitrogen and oxygen atoms in total. The summed E-state index contributed by atoms with van der Waals surface area (Å²) < 4.78 is 16.2. The van der Waals surface area contributed by atoms with Crippen molar-refractivity contribution in [3.8, 4) is 0 Å². The lowest BCUT2D eigenvalue weighted by Crippen LogP contribution is -2.67. The molecule has 0 aromatic rings. The van der Waals surface area contributed by atoms with Crippen molar-refractivity contribution in [2.24, 2.45) is 28.6 Å². The average Bonchev–Trinajstić information content (AvgIpc) is 2.79. The van der Waals surface area contributed by atoms with E-state index in [1.54, 1.807) is 6.08 Å². The van der Waals surface area contributed by atoms with E-state index in [9.17, 15) is 10.2 Å². The summed E-state index contributed by atoms with van der Waals surface area (Å²) in [7, 11) is 0. The Bertz CT molecular complexity index is 836. The Kier molecular flexibility index (Phi) is 4.78.